The topological polar surface area (TPSA) is 9.23 Å². The van der Waals surface area contributed by atoms with Crippen LogP contribution in [0.3, 0.4) is 0 Å². The van der Waals surface area contributed by atoms with Crippen LogP contribution in [0, 0.1) is 5.41 Å². The summed E-state index contributed by atoms with van der Waals surface area (Å²) in [5.74, 6) is 0. The monoisotopic (exact) mass is 166 g/mol. The molecular formula is C11H18O. The van der Waals surface area contributed by atoms with Crippen LogP contribution in [0.25, 0.3) is 0 Å². The molecule has 1 aliphatic heterocycles. The maximum atomic E-state index is 5.82. The Morgan fingerprint density at radius 3 is 2.67 bits per heavy atom. The first-order chi connectivity index (χ1) is 5.62. The molecule has 1 saturated heterocycles. The van der Waals surface area contributed by atoms with Crippen LogP contribution in [0.15, 0.2) is 12.2 Å². The summed E-state index contributed by atoms with van der Waals surface area (Å²) in [6, 6.07) is 0. The van der Waals surface area contributed by atoms with Gasteiger partial charge in [-0.25, -0.2) is 0 Å². The summed E-state index contributed by atoms with van der Waals surface area (Å²) in [4.78, 5) is 0. The SMILES string of the molecule is CC=CCCC1OC2(C)CC12C. The Hall–Kier alpha value is -0.300. The highest BCUT2D eigenvalue weighted by atomic mass is 16.6. The van der Waals surface area contributed by atoms with Gasteiger partial charge < -0.3 is 4.74 Å². The Bertz CT molecular complexity index is 221. The minimum atomic E-state index is 0.271. The first-order valence-corrected chi connectivity index (χ1v) is 4.91. The van der Waals surface area contributed by atoms with Crippen molar-refractivity contribution in [3.63, 3.8) is 0 Å². The smallest absolute Gasteiger partial charge is 0.0744 e. The van der Waals surface area contributed by atoms with E-state index < -0.39 is 0 Å². The minimum Gasteiger partial charge on any atom is -0.371 e. The summed E-state index contributed by atoms with van der Waals surface area (Å²) < 4.78 is 5.82. The molecule has 68 valence electrons. The van der Waals surface area contributed by atoms with Crippen LogP contribution in [0.4, 0.5) is 0 Å². The highest BCUT2D eigenvalue weighted by Crippen LogP contribution is 2.71. The number of rotatable bonds is 3. The number of ether oxygens (including phenoxy) is 1. The summed E-state index contributed by atoms with van der Waals surface area (Å²) in [5.41, 5.74) is 0.808. The van der Waals surface area contributed by atoms with Crippen LogP contribution in [0.2, 0.25) is 0 Å². The first kappa shape index (κ1) is 8.31. The lowest BCUT2D eigenvalue weighted by molar-refractivity contribution is -0.169. The molecule has 0 radical (unpaired) electrons. The van der Waals surface area contributed by atoms with Gasteiger partial charge in [0.15, 0.2) is 0 Å². The van der Waals surface area contributed by atoms with Gasteiger partial charge in [0, 0.05) is 5.41 Å². The van der Waals surface area contributed by atoms with Crippen molar-refractivity contribution < 1.29 is 4.74 Å². The van der Waals surface area contributed by atoms with E-state index in [0.717, 1.165) is 0 Å². The molecule has 0 spiro atoms. The van der Waals surface area contributed by atoms with E-state index in [1.54, 1.807) is 0 Å². The number of hydrogen-bond donors (Lipinski definition) is 0. The maximum absolute atomic E-state index is 5.82. The lowest BCUT2D eigenvalue weighted by Gasteiger charge is -2.40. The van der Waals surface area contributed by atoms with E-state index in [1.165, 1.54) is 19.3 Å². The van der Waals surface area contributed by atoms with Crippen LogP contribution in [0.5, 0.6) is 0 Å². The molecule has 1 heterocycles. The second-order valence-electron chi connectivity index (χ2n) is 4.58. The van der Waals surface area contributed by atoms with Crippen LogP contribution >= 0.6 is 0 Å². The zero-order valence-electron chi connectivity index (χ0n) is 8.26. The van der Waals surface area contributed by atoms with Crippen molar-refractivity contribution in [1.29, 1.82) is 0 Å². The van der Waals surface area contributed by atoms with E-state index >= 15 is 0 Å². The van der Waals surface area contributed by atoms with E-state index in [1.807, 2.05) is 0 Å². The summed E-state index contributed by atoms with van der Waals surface area (Å²) in [6.45, 7) is 6.67. The predicted molar refractivity (Wildman–Crippen MR) is 50.1 cm³/mol. The minimum absolute atomic E-state index is 0.271. The van der Waals surface area contributed by atoms with E-state index in [-0.39, 0.29) is 5.60 Å². The normalized spacial score (nSPS) is 50.4. The molecule has 2 fully saturated rings. The maximum Gasteiger partial charge on any atom is 0.0744 e. The van der Waals surface area contributed by atoms with Gasteiger partial charge in [-0.3, -0.25) is 0 Å². The fourth-order valence-corrected chi connectivity index (χ4v) is 2.46. The number of hydrogen-bond acceptors (Lipinski definition) is 1. The van der Waals surface area contributed by atoms with Crippen molar-refractivity contribution in [3.05, 3.63) is 12.2 Å². The highest BCUT2D eigenvalue weighted by molar-refractivity contribution is 5.23. The third-order valence-corrected chi connectivity index (χ3v) is 3.73. The summed E-state index contributed by atoms with van der Waals surface area (Å²) in [7, 11) is 0. The Balaban J connectivity index is 1.79. The standard InChI is InChI=1S/C11H18O/c1-4-5-6-7-9-10(2)8-11(10,3)12-9/h4-5,9H,6-8H2,1-3H3. The van der Waals surface area contributed by atoms with Gasteiger partial charge in [-0.05, 0) is 33.1 Å². The lowest BCUT2D eigenvalue weighted by atomic mass is 9.88. The van der Waals surface area contributed by atoms with Gasteiger partial charge in [-0.2, -0.15) is 0 Å². The van der Waals surface area contributed by atoms with Crippen LogP contribution in [-0.2, 0) is 4.74 Å². The lowest BCUT2D eigenvalue weighted by Crippen LogP contribution is -2.44. The molecule has 1 aliphatic carbocycles. The molecule has 0 aromatic heterocycles. The molecule has 3 unspecified atom stereocenters. The molecule has 2 rings (SSSR count). The average Bonchev–Trinajstić information content (AvgIpc) is 2.44. The third kappa shape index (κ3) is 0.891. The van der Waals surface area contributed by atoms with Gasteiger partial charge in [0.25, 0.3) is 0 Å². The molecular weight excluding hydrogens is 148 g/mol. The van der Waals surface area contributed by atoms with Crippen molar-refractivity contribution >= 4 is 0 Å². The zero-order valence-corrected chi connectivity index (χ0v) is 8.26. The first-order valence-electron chi connectivity index (χ1n) is 4.91. The van der Waals surface area contributed by atoms with Gasteiger partial charge in [0.2, 0.25) is 0 Å². The molecule has 0 amide bonds. The van der Waals surface area contributed by atoms with E-state index in [9.17, 15) is 0 Å². The van der Waals surface area contributed by atoms with E-state index in [0.29, 0.717) is 11.5 Å². The van der Waals surface area contributed by atoms with Crippen LogP contribution in [-0.4, -0.2) is 11.7 Å². The fourth-order valence-electron chi connectivity index (χ4n) is 2.46. The Morgan fingerprint density at radius 1 is 1.50 bits per heavy atom. The van der Waals surface area contributed by atoms with Crippen molar-refractivity contribution in [2.24, 2.45) is 5.41 Å². The molecule has 0 N–H and O–H groups in total. The summed E-state index contributed by atoms with van der Waals surface area (Å²) >= 11 is 0. The van der Waals surface area contributed by atoms with Crippen molar-refractivity contribution in [1.82, 2.24) is 0 Å². The second-order valence-corrected chi connectivity index (χ2v) is 4.58. The second kappa shape index (κ2) is 2.35. The molecule has 0 aromatic carbocycles. The molecule has 3 atom stereocenters. The molecule has 1 saturated carbocycles. The van der Waals surface area contributed by atoms with Crippen LogP contribution in [0.1, 0.15) is 40.0 Å². The zero-order chi connectivity index (χ0) is 8.82. The Labute approximate surface area is 74.8 Å². The molecule has 0 aromatic rings. The van der Waals surface area contributed by atoms with E-state index in [2.05, 4.69) is 32.9 Å². The highest BCUT2D eigenvalue weighted by Gasteiger charge is 2.75. The summed E-state index contributed by atoms with van der Waals surface area (Å²) in [6.07, 6.45) is 8.54. The van der Waals surface area contributed by atoms with Crippen LogP contribution < -0.4 is 0 Å². The quantitative estimate of drug-likeness (QED) is 0.586. The summed E-state index contributed by atoms with van der Waals surface area (Å²) in [5, 5.41) is 0. The number of allylic oxidation sites excluding steroid dienone is 2. The largest absolute Gasteiger partial charge is 0.371 e. The number of fused-ring (bicyclic) bond motifs is 1. The van der Waals surface area contributed by atoms with Gasteiger partial charge in [-0.15, -0.1) is 0 Å². The van der Waals surface area contributed by atoms with Gasteiger partial charge in [0.1, 0.15) is 0 Å². The molecule has 12 heavy (non-hydrogen) atoms. The molecule has 1 heteroatoms. The molecule has 0 bridgehead atoms. The predicted octanol–water partition coefficient (Wildman–Crippen LogP) is 2.91. The average molecular weight is 166 g/mol. The fraction of sp³-hybridized carbons (Fsp3) is 0.818. The third-order valence-electron chi connectivity index (χ3n) is 3.73. The van der Waals surface area contributed by atoms with Crippen molar-refractivity contribution in [2.75, 3.05) is 0 Å². The van der Waals surface area contributed by atoms with Gasteiger partial charge in [0.05, 0.1) is 11.7 Å². The van der Waals surface area contributed by atoms with Crippen molar-refractivity contribution in [3.8, 4) is 0 Å². The van der Waals surface area contributed by atoms with Crippen molar-refractivity contribution in [2.45, 2.75) is 51.7 Å². The van der Waals surface area contributed by atoms with Gasteiger partial charge in [-0.1, -0.05) is 19.1 Å². The Kier molecular flexibility index (Phi) is 1.63. The van der Waals surface area contributed by atoms with Gasteiger partial charge >= 0.3 is 0 Å². The van der Waals surface area contributed by atoms with E-state index in [4.69, 9.17) is 4.74 Å². The molecule has 1 nitrogen and oxygen atoms in total. The Morgan fingerprint density at radius 2 is 2.25 bits per heavy atom. The molecule has 2 aliphatic rings.